The molecule has 0 unspecified atom stereocenters. The minimum Gasteiger partial charge on any atom is -0.221 e. The number of nitriles is 1. The van der Waals surface area contributed by atoms with Gasteiger partial charge in [-0.25, -0.2) is 8.42 Å². The van der Waals surface area contributed by atoms with E-state index in [1.54, 1.807) is 17.5 Å². The van der Waals surface area contributed by atoms with Crippen molar-refractivity contribution < 1.29 is 8.42 Å². The van der Waals surface area contributed by atoms with Gasteiger partial charge in [-0.1, -0.05) is 6.07 Å². The maximum Gasteiger partial charge on any atom is 0.206 e. The van der Waals surface area contributed by atoms with Gasteiger partial charge in [-0.05, 0) is 24.3 Å². The Bertz CT molecular complexity index is 449. The molecule has 13 heavy (non-hydrogen) atoms. The lowest BCUT2D eigenvalue weighted by Crippen LogP contribution is -2.19. The maximum absolute atomic E-state index is 11.8. The predicted molar refractivity (Wildman–Crippen MR) is 49.1 cm³/mol. The summed E-state index contributed by atoms with van der Waals surface area (Å²) in [6.45, 7) is 0. The van der Waals surface area contributed by atoms with Crippen LogP contribution in [-0.2, 0) is 9.84 Å². The van der Waals surface area contributed by atoms with Crippen LogP contribution in [0.25, 0.3) is 0 Å². The Hall–Kier alpha value is -0.860. The fraction of sp³-hybridized carbons (Fsp3) is 0.375. The molecule has 1 aromatic heterocycles. The average molecular weight is 213 g/mol. The van der Waals surface area contributed by atoms with Crippen LogP contribution in [0.2, 0.25) is 0 Å². The number of nitrogens with zero attached hydrogens (tertiary/aromatic N) is 1. The lowest BCUT2D eigenvalue weighted by atomic mass is 10.5. The summed E-state index contributed by atoms with van der Waals surface area (Å²) < 4.78 is 22.8. The van der Waals surface area contributed by atoms with E-state index in [2.05, 4.69) is 0 Å². The van der Waals surface area contributed by atoms with Gasteiger partial charge in [0.25, 0.3) is 0 Å². The highest BCUT2D eigenvalue weighted by atomic mass is 32.2. The molecular weight excluding hydrogens is 206 g/mol. The summed E-state index contributed by atoms with van der Waals surface area (Å²) in [4.78, 5) is 0. The summed E-state index contributed by atoms with van der Waals surface area (Å²) in [6.07, 6.45) is 0.952. The Morgan fingerprint density at radius 2 is 2.23 bits per heavy atom. The molecule has 0 atom stereocenters. The van der Waals surface area contributed by atoms with Crippen LogP contribution in [0.15, 0.2) is 21.7 Å². The molecule has 2 rings (SSSR count). The molecule has 0 spiro atoms. The van der Waals surface area contributed by atoms with Gasteiger partial charge in [0.1, 0.15) is 4.21 Å². The van der Waals surface area contributed by atoms with Gasteiger partial charge < -0.3 is 0 Å². The minimum absolute atomic E-state index is 0.312. The average Bonchev–Trinajstić information content (AvgIpc) is 2.72. The Kier molecular flexibility index (Phi) is 1.72. The minimum atomic E-state index is -3.38. The zero-order valence-corrected chi connectivity index (χ0v) is 8.36. The number of thiophene rings is 1. The van der Waals surface area contributed by atoms with Crippen LogP contribution in [-0.4, -0.2) is 13.2 Å². The predicted octanol–water partition coefficient (Wildman–Crippen LogP) is 1.58. The molecule has 0 amide bonds. The van der Waals surface area contributed by atoms with Crippen LogP contribution in [0.5, 0.6) is 0 Å². The Morgan fingerprint density at radius 3 is 2.62 bits per heavy atom. The zero-order chi connectivity index (χ0) is 9.53. The number of hydrogen-bond acceptors (Lipinski definition) is 4. The normalized spacial score (nSPS) is 19.3. The molecule has 1 aliphatic carbocycles. The largest absolute Gasteiger partial charge is 0.221 e. The van der Waals surface area contributed by atoms with Crippen molar-refractivity contribution in [1.82, 2.24) is 0 Å². The molecule has 3 nitrogen and oxygen atoms in total. The van der Waals surface area contributed by atoms with E-state index in [9.17, 15) is 8.42 Å². The highest BCUT2D eigenvalue weighted by Gasteiger charge is 2.56. The van der Waals surface area contributed by atoms with Crippen LogP contribution in [0, 0.1) is 11.3 Å². The highest BCUT2D eigenvalue weighted by molar-refractivity contribution is 7.95. The third-order valence-electron chi connectivity index (χ3n) is 2.18. The Balaban J connectivity index is 2.51. The molecule has 0 aromatic carbocycles. The Morgan fingerprint density at radius 1 is 1.54 bits per heavy atom. The zero-order valence-electron chi connectivity index (χ0n) is 6.73. The first-order valence-corrected chi connectivity index (χ1v) is 6.18. The number of hydrogen-bond donors (Lipinski definition) is 0. The smallest absolute Gasteiger partial charge is 0.206 e. The first kappa shape index (κ1) is 8.73. The van der Waals surface area contributed by atoms with Gasteiger partial charge in [-0.3, -0.25) is 0 Å². The molecule has 0 N–H and O–H groups in total. The third-order valence-corrected chi connectivity index (χ3v) is 5.98. The number of sulfone groups is 1. The van der Waals surface area contributed by atoms with Crippen LogP contribution in [0.3, 0.4) is 0 Å². The van der Waals surface area contributed by atoms with Crippen molar-refractivity contribution in [3.05, 3.63) is 17.5 Å². The second kappa shape index (κ2) is 2.56. The second-order valence-corrected chi connectivity index (χ2v) is 6.48. The van der Waals surface area contributed by atoms with Crippen LogP contribution >= 0.6 is 11.3 Å². The van der Waals surface area contributed by atoms with Crippen molar-refractivity contribution in [1.29, 1.82) is 5.26 Å². The van der Waals surface area contributed by atoms with Crippen molar-refractivity contribution in [2.45, 2.75) is 21.8 Å². The van der Waals surface area contributed by atoms with Crippen molar-refractivity contribution >= 4 is 21.2 Å². The third kappa shape index (κ3) is 1.10. The van der Waals surface area contributed by atoms with Crippen LogP contribution in [0.1, 0.15) is 12.8 Å². The van der Waals surface area contributed by atoms with Gasteiger partial charge in [-0.15, -0.1) is 11.3 Å². The lowest BCUT2D eigenvalue weighted by molar-refractivity contribution is 0.590. The summed E-state index contributed by atoms with van der Waals surface area (Å²) in [5.41, 5.74) is 0. The SMILES string of the molecule is N#CC1(S(=O)(=O)c2cccs2)CC1. The summed E-state index contributed by atoms with van der Waals surface area (Å²) in [7, 11) is -3.38. The van der Waals surface area contributed by atoms with E-state index in [-0.39, 0.29) is 0 Å². The summed E-state index contributed by atoms with van der Waals surface area (Å²) >= 11 is 1.17. The van der Waals surface area contributed by atoms with Gasteiger partial charge in [0.2, 0.25) is 9.84 Å². The van der Waals surface area contributed by atoms with E-state index in [1.165, 1.54) is 11.3 Å². The Labute approximate surface area is 80.5 Å². The van der Waals surface area contributed by atoms with E-state index in [4.69, 9.17) is 5.26 Å². The summed E-state index contributed by atoms with van der Waals surface area (Å²) in [5, 5.41) is 10.5. The van der Waals surface area contributed by atoms with Crippen LogP contribution < -0.4 is 0 Å². The van der Waals surface area contributed by atoms with Gasteiger partial charge in [-0.2, -0.15) is 5.26 Å². The van der Waals surface area contributed by atoms with Crippen molar-refractivity contribution in [2.75, 3.05) is 0 Å². The van der Waals surface area contributed by atoms with E-state index < -0.39 is 14.6 Å². The first-order valence-electron chi connectivity index (χ1n) is 3.82. The maximum atomic E-state index is 11.8. The molecule has 1 fully saturated rings. The van der Waals surface area contributed by atoms with E-state index in [0.29, 0.717) is 17.1 Å². The van der Waals surface area contributed by atoms with Gasteiger partial charge in [0.05, 0.1) is 6.07 Å². The monoisotopic (exact) mass is 213 g/mol. The fourth-order valence-electron chi connectivity index (χ4n) is 1.16. The van der Waals surface area contributed by atoms with E-state index in [1.807, 2.05) is 6.07 Å². The molecule has 1 aromatic rings. The molecule has 1 heterocycles. The molecular formula is C8H7NO2S2. The van der Waals surface area contributed by atoms with Crippen LogP contribution in [0.4, 0.5) is 0 Å². The molecule has 0 radical (unpaired) electrons. The first-order chi connectivity index (χ1) is 6.12. The molecule has 0 saturated heterocycles. The second-order valence-electron chi connectivity index (χ2n) is 3.04. The van der Waals surface area contributed by atoms with E-state index >= 15 is 0 Å². The standard InChI is InChI=1S/C8H7NO2S2/c9-6-8(3-4-8)13(10,11)7-2-1-5-12-7/h1-2,5H,3-4H2. The topological polar surface area (TPSA) is 57.9 Å². The molecule has 1 aliphatic rings. The van der Waals surface area contributed by atoms with Gasteiger partial charge >= 0.3 is 0 Å². The molecule has 0 bridgehead atoms. The van der Waals surface area contributed by atoms with Gasteiger partial charge in [0, 0.05) is 0 Å². The summed E-state index contributed by atoms with van der Waals surface area (Å²) in [5.74, 6) is 0. The van der Waals surface area contributed by atoms with Crippen molar-refractivity contribution in [2.24, 2.45) is 0 Å². The fourth-order valence-corrected chi connectivity index (χ4v) is 4.17. The number of rotatable bonds is 2. The highest BCUT2D eigenvalue weighted by Crippen LogP contribution is 2.46. The lowest BCUT2D eigenvalue weighted by Gasteiger charge is -2.04. The quantitative estimate of drug-likeness (QED) is 0.749. The molecule has 5 heteroatoms. The summed E-state index contributed by atoms with van der Waals surface area (Å²) in [6, 6.07) is 5.14. The van der Waals surface area contributed by atoms with Crippen molar-refractivity contribution in [3.8, 4) is 6.07 Å². The van der Waals surface area contributed by atoms with Gasteiger partial charge in [0.15, 0.2) is 4.75 Å². The molecule has 0 aliphatic heterocycles. The molecule has 1 saturated carbocycles. The molecule has 68 valence electrons. The van der Waals surface area contributed by atoms with E-state index in [0.717, 1.165) is 0 Å². The van der Waals surface area contributed by atoms with Crippen molar-refractivity contribution in [3.63, 3.8) is 0 Å².